The van der Waals surface area contributed by atoms with Crippen LogP contribution in [0, 0.1) is 6.92 Å². The van der Waals surface area contributed by atoms with E-state index < -0.39 is 0 Å². The molecule has 3 nitrogen and oxygen atoms in total. The Morgan fingerprint density at radius 2 is 1.33 bits per heavy atom. The van der Waals surface area contributed by atoms with Crippen LogP contribution in [0.4, 0.5) is 0 Å². The van der Waals surface area contributed by atoms with Crippen LogP contribution in [-0.4, -0.2) is 34.0 Å². The summed E-state index contributed by atoms with van der Waals surface area (Å²) in [6.07, 6.45) is 2.87. The Bertz CT molecular complexity index is 796. The molecule has 0 aliphatic carbocycles. The van der Waals surface area contributed by atoms with Gasteiger partial charge in [-0.1, -0.05) is 102 Å². The highest BCUT2D eigenvalue weighted by molar-refractivity contribution is 5.87. The minimum absolute atomic E-state index is 0.634. The topological polar surface area (TPSA) is 31.0 Å². The highest BCUT2D eigenvalue weighted by Gasteiger charge is 2.18. The van der Waals surface area contributed by atoms with E-state index in [2.05, 4.69) is 74.0 Å². The van der Waals surface area contributed by atoms with Crippen molar-refractivity contribution in [2.75, 3.05) is 27.9 Å². The molecule has 186 valence electrons. The molecular weight excluding hydrogens is 408 g/mol. The number of aryl methyl sites for hydroxylation is 2. The zero-order valence-electron chi connectivity index (χ0n) is 22.8. The molecule has 0 N–H and O–H groups in total. The van der Waals surface area contributed by atoms with Gasteiger partial charge in [0.2, 0.25) is 0 Å². The minimum atomic E-state index is 0.634. The van der Waals surface area contributed by atoms with Crippen molar-refractivity contribution in [2.45, 2.75) is 67.4 Å². The zero-order chi connectivity index (χ0) is 25.5. The molecule has 1 fully saturated rings. The molecule has 33 heavy (non-hydrogen) atoms. The number of ether oxygens (including phenoxy) is 3. The Labute approximate surface area is 204 Å². The van der Waals surface area contributed by atoms with E-state index >= 15 is 0 Å². The van der Waals surface area contributed by atoms with Crippen LogP contribution in [0.15, 0.2) is 66.7 Å². The van der Waals surface area contributed by atoms with E-state index in [1.54, 1.807) is 21.3 Å². The van der Waals surface area contributed by atoms with Crippen molar-refractivity contribution in [3.8, 4) is 5.75 Å². The molecule has 1 atom stereocenters. The van der Waals surface area contributed by atoms with Crippen molar-refractivity contribution >= 4 is 10.8 Å². The fraction of sp³-hybridized carbons (Fsp3) is 0.467. The monoisotopic (exact) mass is 456 g/mol. The molecule has 3 aromatic rings. The Morgan fingerprint density at radius 3 is 1.70 bits per heavy atom. The lowest BCUT2D eigenvalue weighted by atomic mass is 10.0. The molecule has 1 heterocycles. The van der Waals surface area contributed by atoms with Gasteiger partial charge in [0.05, 0.1) is 19.8 Å². The molecule has 0 spiro atoms. The van der Waals surface area contributed by atoms with Gasteiger partial charge in [0.25, 0.3) is 0 Å². The van der Waals surface area contributed by atoms with Gasteiger partial charge in [-0.25, -0.2) is 0 Å². The fourth-order valence-corrected chi connectivity index (χ4v) is 2.61. The summed E-state index contributed by atoms with van der Waals surface area (Å²) in [7, 11) is 4.96. The van der Waals surface area contributed by atoms with E-state index in [0.717, 1.165) is 18.8 Å². The Balaban J connectivity index is 0. The SMILES string of the molecule is CC.CC.CCC1CO1.CCc1cc(OC)cc2ccccc12.COC.Cc1ccccc1. The number of rotatable bonds is 3. The summed E-state index contributed by atoms with van der Waals surface area (Å²) in [5, 5.41) is 2.58. The van der Waals surface area contributed by atoms with Gasteiger partial charge in [0.15, 0.2) is 0 Å². The molecule has 0 saturated carbocycles. The van der Waals surface area contributed by atoms with Gasteiger partial charge in [0, 0.05) is 14.2 Å². The molecule has 1 aliphatic heterocycles. The quantitative estimate of drug-likeness (QED) is 0.370. The number of epoxide rings is 1. The predicted molar refractivity (Wildman–Crippen MR) is 147 cm³/mol. The summed E-state index contributed by atoms with van der Waals surface area (Å²) < 4.78 is 14.4. The maximum atomic E-state index is 5.26. The van der Waals surface area contributed by atoms with Crippen LogP contribution in [0.2, 0.25) is 0 Å². The minimum Gasteiger partial charge on any atom is -0.497 e. The first kappa shape index (κ1) is 32.8. The van der Waals surface area contributed by atoms with Crippen LogP contribution in [0.3, 0.4) is 0 Å². The van der Waals surface area contributed by atoms with Gasteiger partial charge < -0.3 is 14.2 Å². The summed E-state index contributed by atoms with van der Waals surface area (Å²) in [5.41, 5.74) is 2.67. The molecule has 0 aromatic heterocycles. The van der Waals surface area contributed by atoms with E-state index in [0.29, 0.717) is 6.10 Å². The van der Waals surface area contributed by atoms with E-state index in [-0.39, 0.29) is 0 Å². The lowest BCUT2D eigenvalue weighted by Crippen LogP contribution is -1.88. The van der Waals surface area contributed by atoms with Crippen molar-refractivity contribution in [3.05, 3.63) is 77.9 Å². The number of benzene rings is 3. The predicted octanol–water partition coefficient (Wildman–Crippen LogP) is 8.52. The van der Waals surface area contributed by atoms with Crippen molar-refractivity contribution in [3.63, 3.8) is 0 Å². The van der Waals surface area contributed by atoms with Crippen molar-refractivity contribution in [1.29, 1.82) is 0 Å². The summed E-state index contributed by atoms with van der Waals surface area (Å²) in [6.45, 7) is 15.4. The number of fused-ring (bicyclic) bond motifs is 1. The molecule has 1 unspecified atom stereocenters. The zero-order valence-corrected chi connectivity index (χ0v) is 22.8. The average Bonchev–Trinajstić information content (AvgIpc) is 3.72. The number of hydrogen-bond acceptors (Lipinski definition) is 3. The van der Waals surface area contributed by atoms with Gasteiger partial charge in [-0.05, 0) is 48.2 Å². The van der Waals surface area contributed by atoms with Crippen molar-refractivity contribution in [2.24, 2.45) is 0 Å². The Kier molecular flexibility index (Phi) is 22.7. The third-order valence-electron chi connectivity index (χ3n) is 4.34. The first-order valence-electron chi connectivity index (χ1n) is 12.2. The average molecular weight is 457 g/mol. The Morgan fingerprint density at radius 1 is 0.818 bits per heavy atom. The van der Waals surface area contributed by atoms with E-state index in [1.165, 1.54) is 28.3 Å². The van der Waals surface area contributed by atoms with Crippen LogP contribution in [-0.2, 0) is 15.9 Å². The third-order valence-corrected chi connectivity index (χ3v) is 4.34. The van der Waals surface area contributed by atoms with Crippen LogP contribution >= 0.6 is 0 Å². The molecule has 1 aliphatic rings. The molecule has 0 radical (unpaired) electrons. The summed E-state index contributed by atoms with van der Waals surface area (Å²) in [5.74, 6) is 0.945. The van der Waals surface area contributed by atoms with Crippen LogP contribution in [0.1, 0.15) is 59.1 Å². The van der Waals surface area contributed by atoms with E-state index in [9.17, 15) is 0 Å². The Hall–Kier alpha value is -2.36. The highest BCUT2D eigenvalue weighted by Crippen LogP contribution is 2.25. The maximum Gasteiger partial charge on any atom is 0.119 e. The van der Waals surface area contributed by atoms with Crippen LogP contribution < -0.4 is 4.74 Å². The molecule has 1 saturated heterocycles. The van der Waals surface area contributed by atoms with Gasteiger partial charge in [0.1, 0.15) is 5.75 Å². The number of methoxy groups -OCH3 is 2. The van der Waals surface area contributed by atoms with Crippen molar-refractivity contribution < 1.29 is 14.2 Å². The lowest BCUT2D eigenvalue weighted by molar-refractivity contribution is 0.277. The standard InChI is InChI=1S/C13H14O.C7H8.C4H8O.C2H6O.2C2H6/c1-3-10-8-12(14-2)9-11-6-4-5-7-13(10)11;1-7-5-3-2-4-6-7;1-2-4-3-5-4;1-3-2;2*1-2/h4-9H,3H2,1-2H3;2-6H,1H3;4H,2-3H2,1H3;1-2H3;2*1-2H3. The second-order valence-electron chi connectivity index (χ2n) is 6.79. The molecule has 4 rings (SSSR count). The highest BCUT2D eigenvalue weighted by atomic mass is 16.6. The van der Waals surface area contributed by atoms with E-state index in [4.69, 9.17) is 9.47 Å². The summed E-state index contributed by atoms with van der Waals surface area (Å²) >= 11 is 0. The van der Waals surface area contributed by atoms with Gasteiger partial charge in [-0.15, -0.1) is 0 Å². The normalized spacial score (nSPS) is 12.4. The molecule has 3 heteroatoms. The van der Waals surface area contributed by atoms with E-state index in [1.807, 2.05) is 45.9 Å². The number of hydrogen-bond donors (Lipinski definition) is 0. The van der Waals surface area contributed by atoms with Gasteiger partial charge in [-0.2, -0.15) is 0 Å². The van der Waals surface area contributed by atoms with Gasteiger partial charge >= 0.3 is 0 Å². The summed E-state index contributed by atoms with van der Waals surface area (Å²) in [6, 6.07) is 22.9. The fourth-order valence-electron chi connectivity index (χ4n) is 2.61. The maximum absolute atomic E-state index is 5.26. The molecule has 0 bridgehead atoms. The molecule has 3 aromatic carbocycles. The third kappa shape index (κ3) is 16.0. The van der Waals surface area contributed by atoms with Crippen LogP contribution in [0.25, 0.3) is 10.8 Å². The second-order valence-corrected chi connectivity index (χ2v) is 6.79. The second kappa shape index (κ2) is 22.8. The largest absolute Gasteiger partial charge is 0.497 e. The first-order valence-corrected chi connectivity index (χ1v) is 12.2. The summed E-state index contributed by atoms with van der Waals surface area (Å²) in [4.78, 5) is 0. The van der Waals surface area contributed by atoms with Gasteiger partial charge in [-0.3, -0.25) is 0 Å². The smallest absolute Gasteiger partial charge is 0.119 e. The van der Waals surface area contributed by atoms with Crippen molar-refractivity contribution in [1.82, 2.24) is 0 Å². The lowest BCUT2D eigenvalue weighted by Gasteiger charge is -2.07. The van der Waals surface area contributed by atoms with Crippen LogP contribution in [0.5, 0.6) is 5.75 Å². The molecule has 0 amide bonds. The first-order chi connectivity index (χ1) is 16.1. The molecular formula is C30H48O3.